The smallest absolute Gasteiger partial charge is 0.164 e. The van der Waals surface area contributed by atoms with Gasteiger partial charge in [0.25, 0.3) is 0 Å². The van der Waals surface area contributed by atoms with Gasteiger partial charge in [-0.25, -0.2) is 0 Å². The molecule has 2 aliphatic heterocycles. The van der Waals surface area contributed by atoms with Gasteiger partial charge in [0, 0.05) is 46.7 Å². The molecule has 1 unspecified atom stereocenters. The summed E-state index contributed by atoms with van der Waals surface area (Å²) in [6, 6.07) is 8.78. The summed E-state index contributed by atoms with van der Waals surface area (Å²) in [6.07, 6.45) is 7.50. The molecule has 1 aromatic heterocycles. The van der Waals surface area contributed by atoms with Crippen molar-refractivity contribution in [3.05, 3.63) is 52.2 Å². The number of H-pyrrole nitrogens is 1. The third kappa shape index (κ3) is 2.84. The molecule has 0 radical (unpaired) electrons. The SMILES string of the molecule is COc1ccc2[nH]c3c(c2c1)CCNC31CCC2(CC1)CC1c3c(cc(O)c(OC)c32)CCN1C. The van der Waals surface area contributed by atoms with Crippen LogP contribution in [0.2, 0.25) is 0 Å². The van der Waals surface area contributed by atoms with Gasteiger partial charge in [-0.1, -0.05) is 0 Å². The van der Waals surface area contributed by atoms with Crippen LogP contribution >= 0.6 is 0 Å². The summed E-state index contributed by atoms with van der Waals surface area (Å²) in [5, 5.41) is 16.2. The Morgan fingerprint density at radius 1 is 1.06 bits per heavy atom. The lowest BCUT2D eigenvalue weighted by Crippen LogP contribution is -2.52. The number of phenolic OH excluding ortho intramolecular Hbond substituents is 1. The zero-order valence-corrected chi connectivity index (χ0v) is 21.0. The number of aromatic amines is 1. The number of nitrogens with one attached hydrogen (secondary N) is 2. The van der Waals surface area contributed by atoms with Crippen LogP contribution in [-0.4, -0.2) is 49.3 Å². The van der Waals surface area contributed by atoms with Crippen LogP contribution in [0.15, 0.2) is 24.3 Å². The van der Waals surface area contributed by atoms with Crippen molar-refractivity contribution in [3.8, 4) is 17.2 Å². The number of phenols is 1. The van der Waals surface area contributed by atoms with E-state index in [2.05, 4.69) is 34.4 Å². The normalized spacial score (nSPS) is 29.5. The Morgan fingerprint density at radius 2 is 1.89 bits per heavy atom. The minimum Gasteiger partial charge on any atom is -0.504 e. The van der Waals surface area contributed by atoms with Gasteiger partial charge in [0.15, 0.2) is 11.5 Å². The molecule has 0 saturated heterocycles. The molecule has 2 aromatic carbocycles. The molecule has 3 aromatic rings. The fourth-order valence-corrected chi connectivity index (χ4v) is 8.02. The van der Waals surface area contributed by atoms with E-state index in [1.54, 1.807) is 14.2 Å². The first-order valence-corrected chi connectivity index (χ1v) is 13.1. The fourth-order valence-electron chi connectivity index (χ4n) is 8.02. The second-order valence-corrected chi connectivity index (χ2v) is 11.3. The Kier molecular flexibility index (Phi) is 4.56. The Labute approximate surface area is 206 Å². The molecule has 6 nitrogen and oxygen atoms in total. The van der Waals surface area contributed by atoms with Gasteiger partial charge in [0.2, 0.25) is 0 Å². The minimum absolute atomic E-state index is 0.0255. The van der Waals surface area contributed by atoms with E-state index in [1.165, 1.54) is 38.9 Å². The highest BCUT2D eigenvalue weighted by atomic mass is 16.5. The zero-order valence-electron chi connectivity index (χ0n) is 21.0. The van der Waals surface area contributed by atoms with Crippen LogP contribution in [-0.2, 0) is 23.8 Å². The molecule has 1 atom stereocenters. The quantitative estimate of drug-likeness (QED) is 0.504. The van der Waals surface area contributed by atoms with Crippen molar-refractivity contribution in [2.75, 3.05) is 34.4 Å². The maximum absolute atomic E-state index is 10.9. The highest BCUT2D eigenvalue weighted by Crippen LogP contribution is 2.62. The number of hydrogen-bond acceptors (Lipinski definition) is 5. The van der Waals surface area contributed by atoms with E-state index in [0.717, 1.165) is 63.8 Å². The molecule has 184 valence electrons. The number of ether oxygens (including phenoxy) is 2. The number of nitrogens with zero attached hydrogens (tertiary/aromatic N) is 1. The third-order valence-corrected chi connectivity index (χ3v) is 9.79. The lowest BCUT2D eigenvalue weighted by atomic mass is 9.62. The third-order valence-electron chi connectivity index (χ3n) is 9.79. The van der Waals surface area contributed by atoms with Gasteiger partial charge < -0.3 is 24.9 Å². The number of hydrogen-bond donors (Lipinski definition) is 3. The number of aromatic nitrogens is 1. The first kappa shape index (κ1) is 21.6. The lowest BCUT2D eigenvalue weighted by Gasteiger charge is -2.48. The van der Waals surface area contributed by atoms with Gasteiger partial charge in [-0.05, 0) is 92.9 Å². The van der Waals surface area contributed by atoms with E-state index < -0.39 is 0 Å². The average Bonchev–Trinajstić information content (AvgIpc) is 3.42. The van der Waals surface area contributed by atoms with Gasteiger partial charge in [0.05, 0.1) is 19.8 Å². The van der Waals surface area contributed by atoms with Crippen molar-refractivity contribution in [1.82, 2.24) is 15.2 Å². The topological polar surface area (TPSA) is 69.8 Å². The summed E-state index contributed by atoms with van der Waals surface area (Å²) in [6.45, 7) is 2.05. The average molecular weight is 474 g/mol. The fraction of sp³-hybridized carbons (Fsp3) is 0.517. The second kappa shape index (κ2) is 7.40. The van der Waals surface area contributed by atoms with E-state index in [4.69, 9.17) is 9.47 Å². The summed E-state index contributed by atoms with van der Waals surface area (Å²) >= 11 is 0. The highest BCUT2D eigenvalue weighted by molar-refractivity contribution is 5.87. The van der Waals surface area contributed by atoms with Gasteiger partial charge in [-0.15, -0.1) is 0 Å². The Hall–Kier alpha value is -2.70. The van der Waals surface area contributed by atoms with Gasteiger partial charge >= 0.3 is 0 Å². The number of fused-ring (bicyclic) bond motifs is 5. The van der Waals surface area contributed by atoms with E-state index in [9.17, 15) is 5.11 Å². The molecular formula is C29H35N3O3. The molecule has 6 heteroatoms. The molecule has 35 heavy (non-hydrogen) atoms. The van der Waals surface area contributed by atoms with E-state index >= 15 is 0 Å². The van der Waals surface area contributed by atoms with Crippen LogP contribution in [0.1, 0.15) is 66.1 Å². The number of rotatable bonds is 2. The van der Waals surface area contributed by atoms with E-state index in [1.807, 2.05) is 12.1 Å². The van der Waals surface area contributed by atoms with Crippen LogP contribution in [0.25, 0.3) is 10.9 Å². The second-order valence-electron chi connectivity index (χ2n) is 11.3. The molecule has 0 amide bonds. The number of aromatic hydroxyl groups is 1. The molecule has 1 saturated carbocycles. The van der Waals surface area contributed by atoms with Crippen LogP contribution < -0.4 is 14.8 Å². The number of likely N-dealkylation sites (N-methyl/N-ethyl adjacent to an activating group) is 1. The Bertz CT molecular complexity index is 1330. The highest BCUT2D eigenvalue weighted by Gasteiger charge is 2.54. The number of benzene rings is 2. The summed E-state index contributed by atoms with van der Waals surface area (Å²) in [5.74, 6) is 1.95. The van der Waals surface area contributed by atoms with Crippen molar-refractivity contribution >= 4 is 10.9 Å². The van der Waals surface area contributed by atoms with Crippen LogP contribution in [0.5, 0.6) is 17.2 Å². The molecule has 7 rings (SSSR count). The van der Waals surface area contributed by atoms with Crippen molar-refractivity contribution < 1.29 is 14.6 Å². The van der Waals surface area contributed by atoms with Crippen molar-refractivity contribution in [3.63, 3.8) is 0 Å². The van der Waals surface area contributed by atoms with Crippen molar-refractivity contribution in [2.24, 2.45) is 0 Å². The summed E-state index contributed by atoms with van der Waals surface area (Å²) in [7, 11) is 5.71. The molecule has 1 fully saturated rings. The first-order chi connectivity index (χ1) is 17.0. The van der Waals surface area contributed by atoms with Crippen molar-refractivity contribution in [2.45, 2.75) is 61.9 Å². The maximum Gasteiger partial charge on any atom is 0.164 e. The first-order valence-electron chi connectivity index (χ1n) is 13.1. The molecule has 0 bridgehead atoms. The van der Waals surface area contributed by atoms with Crippen LogP contribution in [0.4, 0.5) is 0 Å². The lowest BCUT2D eigenvalue weighted by molar-refractivity contribution is 0.126. The van der Waals surface area contributed by atoms with Crippen LogP contribution in [0, 0.1) is 0 Å². The predicted octanol–water partition coefficient (Wildman–Crippen LogP) is 4.68. The molecule has 2 aliphatic carbocycles. The van der Waals surface area contributed by atoms with Crippen molar-refractivity contribution in [1.29, 1.82) is 0 Å². The van der Waals surface area contributed by atoms with E-state index in [0.29, 0.717) is 17.5 Å². The molecule has 3 N–H and O–H groups in total. The van der Waals surface area contributed by atoms with Gasteiger partial charge in [-0.3, -0.25) is 4.90 Å². The van der Waals surface area contributed by atoms with Gasteiger partial charge in [0.1, 0.15) is 5.75 Å². The van der Waals surface area contributed by atoms with E-state index in [-0.39, 0.29) is 11.0 Å². The summed E-state index contributed by atoms with van der Waals surface area (Å²) in [4.78, 5) is 6.33. The molecular weight excluding hydrogens is 438 g/mol. The molecule has 2 spiro atoms. The predicted molar refractivity (Wildman–Crippen MR) is 137 cm³/mol. The summed E-state index contributed by atoms with van der Waals surface area (Å²) in [5.41, 5.74) is 8.13. The molecule has 3 heterocycles. The zero-order chi connectivity index (χ0) is 23.9. The number of methoxy groups -OCH3 is 2. The Morgan fingerprint density at radius 3 is 2.66 bits per heavy atom. The standard InChI is InChI=1S/C29H35N3O3/c1-32-13-7-17-14-23(33)26(35-3)25-24(17)22(32)16-28(25)8-10-29(11-9-28)27-19(6-12-30-29)20-15-18(34-2)4-5-21(20)31-27/h4-5,14-15,22,30-31,33H,6-13,16H2,1-3H3. The molecule has 4 aliphatic rings. The van der Waals surface area contributed by atoms with Crippen LogP contribution in [0.3, 0.4) is 0 Å². The summed E-state index contributed by atoms with van der Waals surface area (Å²) < 4.78 is 11.4. The van der Waals surface area contributed by atoms with Gasteiger partial charge in [-0.2, -0.15) is 0 Å². The minimum atomic E-state index is -0.0255. The Balaban J connectivity index is 1.30. The maximum atomic E-state index is 10.9. The monoisotopic (exact) mass is 473 g/mol. The largest absolute Gasteiger partial charge is 0.504 e.